The van der Waals surface area contributed by atoms with Gasteiger partial charge in [0, 0.05) is 11.1 Å². The first-order valence-electron chi connectivity index (χ1n) is 6.38. The van der Waals surface area contributed by atoms with Crippen LogP contribution in [0.15, 0.2) is 22.7 Å². The predicted molar refractivity (Wildman–Crippen MR) is 72.0 cm³/mol. The molecule has 2 nitrogen and oxygen atoms in total. The number of ether oxygens (including phenoxy) is 1. The maximum absolute atomic E-state index is 13.2. The number of halogens is 2. The molecule has 0 amide bonds. The van der Waals surface area contributed by atoms with Crippen molar-refractivity contribution in [1.29, 1.82) is 0 Å². The largest absolute Gasteiger partial charge is 0.393 e. The van der Waals surface area contributed by atoms with Gasteiger partial charge < -0.3 is 9.84 Å². The second kappa shape index (κ2) is 6.64. The zero-order chi connectivity index (χ0) is 13.0. The van der Waals surface area contributed by atoms with E-state index in [1.54, 1.807) is 0 Å². The highest BCUT2D eigenvalue weighted by Gasteiger charge is 2.18. The van der Waals surface area contributed by atoms with Crippen LogP contribution in [0.1, 0.15) is 31.2 Å². The normalized spacial score (nSPS) is 21.8. The molecule has 0 radical (unpaired) electrons. The van der Waals surface area contributed by atoms with Crippen molar-refractivity contribution in [3.05, 3.63) is 34.1 Å². The molecule has 0 bridgehead atoms. The Balaban J connectivity index is 1.87. The molecule has 18 heavy (non-hydrogen) atoms. The summed E-state index contributed by atoms with van der Waals surface area (Å²) in [4.78, 5) is 0. The van der Waals surface area contributed by atoms with Crippen molar-refractivity contribution in [3.8, 4) is 0 Å². The Morgan fingerprint density at radius 1 is 1.39 bits per heavy atom. The van der Waals surface area contributed by atoms with E-state index in [4.69, 9.17) is 4.74 Å². The standard InChI is InChI=1S/C14H18BrFO2/c15-11-5-10(6-12(16)8-11)7-13(17)9-14-3-1-2-4-18-14/h5-6,8,13-14,17H,1-4,7,9H2. The maximum atomic E-state index is 13.2. The van der Waals surface area contributed by atoms with Crippen LogP contribution in [0.3, 0.4) is 0 Å². The minimum Gasteiger partial charge on any atom is -0.393 e. The second-order valence-electron chi connectivity index (χ2n) is 4.86. The molecular weight excluding hydrogens is 299 g/mol. The molecule has 1 fully saturated rings. The van der Waals surface area contributed by atoms with Gasteiger partial charge >= 0.3 is 0 Å². The maximum Gasteiger partial charge on any atom is 0.124 e. The van der Waals surface area contributed by atoms with Crippen LogP contribution < -0.4 is 0 Å². The molecule has 1 aromatic carbocycles. The zero-order valence-electron chi connectivity index (χ0n) is 10.2. The van der Waals surface area contributed by atoms with Crippen LogP contribution in [0, 0.1) is 5.82 Å². The fourth-order valence-electron chi connectivity index (χ4n) is 2.38. The van der Waals surface area contributed by atoms with Gasteiger partial charge in [0.15, 0.2) is 0 Å². The summed E-state index contributed by atoms with van der Waals surface area (Å²) in [5.74, 6) is -0.277. The average Bonchev–Trinajstić information content (AvgIpc) is 2.28. The van der Waals surface area contributed by atoms with E-state index in [1.807, 2.05) is 6.07 Å². The van der Waals surface area contributed by atoms with Crippen molar-refractivity contribution < 1.29 is 14.2 Å². The molecule has 0 aromatic heterocycles. The smallest absolute Gasteiger partial charge is 0.124 e. The molecule has 0 saturated carbocycles. The molecule has 1 N–H and O–H groups in total. The van der Waals surface area contributed by atoms with E-state index in [0.29, 0.717) is 17.3 Å². The fraction of sp³-hybridized carbons (Fsp3) is 0.571. The number of aliphatic hydroxyl groups is 1. The minimum absolute atomic E-state index is 0.158. The lowest BCUT2D eigenvalue weighted by molar-refractivity contribution is -0.0147. The van der Waals surface area contributed by atoms with Crippen LogP contribution in [-0.2, 0) is 11.2 Å². The third-order valence-corrected chi connectivity index (χ3v) is 3.66. The van der Waals surface area contributed by atoms with Crippen molar-refractivity contribution in [2.45, 2.75) is 44.3 Å². The molecule has 2 rings (SSSR count). The number of benzene rings is 1. The summed E-state index contributed by atoms with van der Waals surface area (Å²) >= 11 is 3.26. The van der Waals surface area contributed by atoms with Crippen LogP contribution in [0.4, 0.5) is 4.39 Å². The van der Waals surface area contributed by atoms with E-state index in [9.17, 15) is 9.50 Å². The summed E-state index contributed by atoms with van der Waals surface area (Å²) in [6.07, 6.45) is 4.09. The zero-order valence-corrected chi connectivity index (χ0v) is 11.8. The number of hydrogen-bond donors (Lipinski definition) is 1. The van der Waals surface area contributed by atoms with Gasteiger partial charge in [-0.2, -0.15) is 0 Å². The quantitative estimate of drug-likeness (QED) is 0.922. The van der Waals surface area contributed by atoms with Crippen molar-refractivity contribution in [3.63, 3.8) is 0 Å². The van der Waals surface area contributed by atoms with Gasteiger partial charge in [-0.15, -0.1) is 0 Å². The van der Waals surface area contributed by atoms with Crippen LogP contribution in [0.25, 0.3) is 0 Å². The second-order valence-corrected chi connectivity index (χ2v) is 5.78. The molecule has 1 saturated heterocycles. The monoisotopic (exact) mass is 316 g/mol. The highest BCUT2D eigenvalue weighted by Crippen LogP contribution is 2.20. The number of aliphatic hydroxyl groups excluding tert-OH is 1. The molecule has 2 unspecified atom stereocenters. The molecule has 0 spiro atoms. The van der Waals surface area contributed by atoms with Crippen LogP contribution in [0.5, 0.6) is 0 Å². The molecular formula is C14H18BrFO2. The predicted octanol–water partition coefficient (Wildman–Crippen LogP) is 3.45. The van der Waals surface area contributed by atoms with Gasteiger partial charge in [0.1, 0.15) is 5.82 Å². The number of rotatable bonds is 4. The average molecular weight is 317 g/mol. The van der Waals surface area contributed by atoms with Gasteiger partial charge in [-0.3, -0.25) is 0 Å². The van der Waals surface area contributed by atoms with E-state index in [2.05, 4.69) is 15.9 Å². The topological polar surface area (TPSA) is 29.5 Å². The number of hydrogen-bond acceptors (Lipinski definition) is 2. The van der Waals surface area contributed by atoms with Crippen LogP contribution in [0.2, 0.25) is 0 Å². The Morgan fingerprint density at radius 3 is 2.89 bits per heavy atom. The first-order chi connectivity index (χ1) is 8.63. The van der Waals surface area contributed by atoms with Gasteiger partial charge in [0.05, 0.1) is 12.2 Å². The fourth-order valence-corrected chi connectivity index (χ4v) is 2.89. The summed E-state index contributed by atoms with van der Waals surface area (Å²) in [6, 6.07) is 4.73. The van der Waals surface area contributed by atoms with Gasteiger partial charge in [0.2, 0.25) is 0 Å². The lowest BCUT2D eigenvalue weighted by Crippen LogP contribution is -2.25. The molecule has 1 heterocycles. The molecule has 1 aliphatic heterocycles. The Morgan fingerprint density at radius 2 is 2.22 bits per heavy atom. The summed E-state index contributed by atoms with van der Waals surface area (Å²) in [6.45, 7) is 0.795. The van der Waals surface area contributed by atoms with Gasteiger partial charge in [0.25, 0.3) is 0 Å². The molecule has 1 aromatic rings. The van der Waals surface area contributed by atoms with E-state index < -0.39 is 6.10 Å². The Bertz CT molecular complexity index is 371. The van der Waals surface area contributed by atoms with Gasteiger partial charge in [-0.1, -0.05) is 15.9 Å². The van der Waals surface area contributed by atoms with E-state index in [-0.39, 0.29) is 11.9 Å². The van der Waals surface area contributed by atoms with Gasteiger partial charge in [-0.25, -0.2) is 4.39 Å². The first kappa shape index (κ1) is 14.0. The van der Waals surface area contributed by atoms with E-state index >= 15 is 0 Å². The molecule has 100 valence electrons. The van der Waals surface area contributed by atoms with Gasteiger partial charge in [-0.05, 0) is 55.9 Å². The molecule has 4 heteroatoms. The highest BCUT2D eigenvalue weighted by molar-refractivity contribution is 9.10. The van der Waals surface area contributed by atoms with Crippen molar-refractivity contribution in [2.75, 3.05) is 6.61 Å². The van der Waals surface area contributed by atoms with Crippen molar-refractivity contribution in [2.24, 2.45) is 0 Å². The Hall–Kier alpha value is -0.450. The Labute approximate surface area is 115 Å². The summed E-state index contributed by atoms with van der Waals surface area (Å²) in [7, 11) is 0. The van der Waals surface area contributed by atoms with Crippen molar-refractivity contribution >= 4 is 15.9 Å². The molecule has 0 aliphatic carbocycles. The summed E-state index contributed by atoms with van der Waals surface area (Å²) in [5.41, 5.74) is 0.810. The van der Waals surface area contributed by atoms with Crippen LogP contribution >= 0.6 is 15.9 Å². The molecule has 2 atom stereocenters. The Kier molecular flexibility index (Phi) is 5.15. The molecule has 1 aliphatic rings. The van der Waals surface area contributed by atoms with Crippen LogP contribution in [-0.4, -0.2) is 23.9 Å². The first-order valence-corrected chi connectivity index (χ1v) is 7.17. The SMILES string of the molecule is OC(Cc1cc(F)cc(Br)c1)CC1CCCCO1. The van der Waals surface area contributed by atoms with E-state index in [0.717, 1.165) is 25.0 Å². The summed E-state index contributed by atoms with van der Waals surface area (Å²) in [5, 5.41) is 10.0. The van der Waals surface area contributed by atoms with Crippen molar-refractivity contribution in [1.82, 2.24) is 0 Å². The van der Waals surface area contributed by atoms with E-state index in [1.165, 1.54) is 18.6 Å². The highest BCUT2D eigenvalue weighted by atomic mass is 79.9. The lowest BCUT2D eigenvalue weighted by Gasteiger charge is -2.24. The third kappa shape index (κ3) is 4.34. The minimum atomic E-state index is -0.471. The lowest BCUT2D eigenvalue weighted by atomic mass is 9.99. The summed E-state index contributed by atoms with van der Waals surface area (Å²) < 4.78 is 19.5. The third-order valence-electron chi connectivity index (χ3n) is 3.20.